The number of imide groups is 1. The van der Waals surface area contributed by atoms with Gasteiger partial charge in [-0.2, -0.15) is 0 Å². The van der Waals surface area contributed by atoms with Crippen LogP contribution in [-0.4, -0.2) is 48.2 Å². The summed E-state index contributed by atoms with van der Waals surface area (Å²) in [5, 5.41) is 2.16. The zero-order valence-corrected chi connectivity index (χ0v) is 21.4. The number of amides is 3. The maximum absolute atomic E-state index is 12.7. The van der Waals surface area contributed by atoms with E-state index in [2.05, 4.69) is 26.0 Å². The molecule has 3 amide bonds. The van der Waals surface area contributed by atoms with E-state index >= 15 is 0 Å². The average Bonchev–Trinajstić information content (AvgIpc) is 3.06. The lowest BCUT2D eigenvalue weighted by molar-refractivity contribution is -0.127. The summed E-state index contributed by atoms with van der Waals surface area (Å²) in [5.74, 6) is -1.16. The average molecular weight is 568 g/mol. The number of carbonyl (C=O) groups excluding carboxylic acids is 4. The highest BCUT2D eigenvalue weighted by Crippen LogP contribution is 2.34. The fraction of sp³-hybridized carbons (Fsp3) is 0.217. The molecule has 1 saturated heterocycles. The number of hydrogen-bond donors (Lipinski definition) is 1. The number of esters is 1. The first-order valence-electron chi connectivity index (χ1n) is 10.1. The van der Waals surface area contributed by atoms with Gasteiger partial charge in [-0.15, -0.1) is 0 Å². The lowest BCUT2D eigenvalue weighted by Crippen LogP contribution is -2.36. The minimum Gasteiger partial charge on any atom is -0.492 e. The summed E-state index contributed by atoms with van der Waals surface area (Å²) in [5.41, 5.74) is 1.04. The van der Waals surface area contributed by atoms with Gasteiger partial charge in [-0.05, 0) is 76.1 Å². The summed E-state index contributed by atoms with van der Waals surface area (Å²) >= 11 is 10.2. The molecule has 11 heteroatoms. The fourth-order valence-corrected chi connectivity index (χ4v) is 4.48. The molecule has 1 aliphatic heterocycles. The van der Waals surface area contributed by atoms with Gasteiger partial charge in [-0.3, -0.25) is 19.3 Å². The molecule has 2 aromatic rings. The number of hydrogen-bond acceptors (Lipinski definition) is 7. The minimum atomic E-state index is -0.659. The van der Waals surface area contributed by atoms with Crippen molar-refractivity contribution in [1.29, 1.82) is 0 Å². The SMILES string of the molecule is CCCOc1ccc(/C=C2\SC(=O)N(CC(=O)Nc3ccc(Cl)c(C(=O)OC)c3)C2=O)cc1Br. The number of ether oxygens (including phenoxy) is 2. The molecule has 0 unspecified atom stereocenters. The molecule has 0 bridgehead atoms. The van der Waals surface area contributed by atoms with Gasteiger partial charge < -0.3 is 14.8 Å². The minimum absolute atomic E-state index is 0.0772. The molecule has 1 fully saturated rings. The number of thioether (sulfide) groups is 1. The molecule has 8 nitrogen and oxygen atoms in total. The molecule has 0 saturated carbocycles. The van der Waals surface area contributed by atoms with Crippen LogP contribution in [0.3, 0.4) is 0 Å². The van der Waals surface area contributed by atoms with Gasteiger partial charge in [0.05, 0.1) is 33.7 Å². The van der Waals surface area contributed by atoms with Crippen molar-refractivity contribution < 1.29 is 28.7 Å². The zero-order chi connectivity index (χ0) is 24.8. The second-order valence-electron chi connectivity index (χ2n) is 7.04. The van der Waals surface area contributed by atoms with Crippen molar-refractivity contribution in [2.45, 2.75) is 13.3 Å². The number of nitrogens with one attached hydrogen (secondary N) is 1. The predicted molar refractivity (Wildman–Crippen MR) is 134 cm³/mol. The molecular weight excluding hydrogens is 548 g/mol. The van der Waals surface area contributed by atoms with Crippen molar-refractivity contribution in [3.8, 4) is 5.75 Å². The molecular formula is C23H20BrClN2O6S. The van der Waals surface area contributed by atoms with Crippen molar-refractivity contribution >= 4 is 74.1 Å². The van der Waals surface area contributed by atoms with Crippen molar-refractivity contribution in [1.82, 2.24) is 4.90 Å². The van der Waals surface area contributed by atoms with Gasteiger partial charge in [0.25, 0.3) is 11.1 Å². The molecule has 0 atom stereocenters. The summed E-state index contributed by atoms with van der Waals surface area (Å²) in [6, 6.07) is 9.61. The van der Waals surface area contributed by atoms with Crippen LogP contribution in [0.2, 0.25) is 5.02 Å². The Kier molecular flexibility index (Phi) is 8.76. The van der Waals surface area contributed by atoms with E-state index in [9.17, 15) is 19.2 Å². The Morgan fingerprint density at radius 1 is 1.21 bits per heavy atom. The Labute approximate surface area is 213 Å². The second kappa shape index (κ2) is 11.5. The number of methoxy groups -OCH3 is 1. The van der Waals surface area contributed by atoms with Crippen LogP contribution in [0, 0.1) is 0 Å². The second-order valence-corrected chi connectivity index (χ2v) is 9.30. The van der Waals surface area contributed by atoms with E-state index in [1.54, 1.807) is 24.3 Å². The normalized spacial score (nSPS) is 14.5. The van der Waals surface area contributed by atoms with E-state index in [4.69, 9.17) is 16.3 Å². The Bertz CT molecular complexity index is 1190. The van der Waals surface area contributed by atoms with E-state index in [1.165, 1.54) is 25.3 Å². The molecule has 1 heterocycles. The molecule has 3 rings (SSSR count). The van der Waals surface area contributed by atoms with Crippen molar-refractivity contribution in [3.63, 3.8) is 0 Å². The highest BCUT2D eigenvalue weighted by atomic mass is 79.9. The van der Waals surface area contributed by atoms with Crippen LogP contribution >= 0.6 is 39.3 Å². The van der Waals surface area contributed by atoms with E-state index in [-0.39, 0.29) is 21.2 Å². The third kappa shape index (κ3) is 6.19. The summed E-state index contributed by atoms with van der Waals surface area (Å²) < 4.78 is 11.0. The van der Waals surface area contributed by atoms with E-state index < -0.39 is 29.6 Å². The number of rotatable bonds is 8. The lowest BCUT2D eigenvalue weighted by Gasteiger charge is -2.13. The first-order valence-corrected chi connectivity index (χ1v) is 12.1. The smallest absolute Gasteiger partial charge is 0.339 e. The summed E-state index contributed by atoms with van der Waals surface area (Å²) in [6.07, 6.45) is 2.46. The largest absolute Gasteiger partial charge is 0.492 e. The van der Waals surface area contributed by atoms with Crippen molar-refractivity contribution in [2.24, 2.45) is 0 Å². The molecule has 178 valence electrons. The molecule has 1 aliphatic rings. The van der Waals surface area contributed by atoms with Gasteiger partial charge in [0, 0.05) is 5.69 Å². The maximum Gasteiger partial charge on any atom is 0.339 e. The Hall–Kier alpha value is -2.82. The molecule has 1 N–H and O–H groups in total. The van der Waals surface area contributed by atoms with E-state index in [0.29, 0.717) is 17.9 Å². The van der Waals surface area contributed by atoms with Gasteiger partial charge in [-0.1, -0.05) is 24.6 Å². The summed E-state index contributed by atoms with van der Waals surface area (Å²) in [4.78, 5) is 50.4. The van der Waals surface area contributed by atoms with Gasteiger partial charge in [0.15, 0.2) is 0 Å². The molecule has 2 aromatic carbocycles. The van der Waals surface area contributed by atoms with Gasteiger partial charge in [0.1, 0.15) is 12.3 Å². The van der Waals surface area contributed by atoms with Crippen molar-refractivity contribution in [2.75, 3.05) is 25.6 Å². The van der Waals surface area contributed by atoms with Crippen LogP contribution in [0.15, 0.2) is 45.8 Å². The third-order valence-corrected chi connectivity index (χ3v) is 6.40. The molecule has 0 spiro atoms. The van der Waals surface area contributed by atoms with Crippen LogP contribution in [0.1, 0.15) is 29.3 Å². The first-order chi connectivity index (χ1) is 16.2. The van der Waals surface area contributed by atoms with Crippen LogP contribution in [0.4, 0.5) is 10.5 Å². The van der Waals surface area contributed by atoms with E-state index in [1.807, 2.05) is 6.92 Å². The van der Waals surface area contributed by atoms with E-state index in [0.717, 1.165) is 27.6 Å². The van der Waals surface area contributed by atoms with Gasteiger partial charge >= 0.3 is 5.97 Å². The first kappa shape index (κ1) is 25.8. The van der Waals surface area contributed by atoms with Gasteiger partial charge in [0.2, 0.25) is 5.91 Å². The quantitative estimate of drug-likeness (QED) is 0.339. The highest BCUT2D eigenvalue weighted by molar-refractivity contribution is 9.10. The standard InChI is InChI=1S/C23H20BrClN2O6S/c1-3-8-33-18-7-4-13(9-16(18)24)10-19-21(29)27(23(31)34-19)12-20(28)26-14-5-6-17(25)15(11-14)22(30)32-2/h4-7,9-11H,3,8,12H2,1-2H3,(H,26,28)/b19-10-. The van der Waals surface area contributed by atoms with Crippen LogP contribution in [0.25, 0.3) is 6.08 Å². The number of anilines is 1. The number of halogens is 2. The molecule has 0 aromatic heterocycles. The zero-order valence-electron chi connectivity index (χ0n) is 18.2. The molecule has 0 aliphatic carbocycles. The Balaban J connectivity index is 1.69. The van der Waals surface area contributed by atoms with Crippen LogP contribution in [0.5, 0.6) is 5.75 Å². The topological polar surface area (TPSA) is 102 Å². The summed E-state index contributed by atoms with van der Waals surface area (Å²) in [7, 11) is 1.21. The van der Waals surface area contributed by atoms with Crippen LogP contribution in [-0.2, 0) is 14.3 Å². The number of nitrogens with zero attached hydrogens (tertiary/aromatic N) is 1. The Morgan fingerprint density at radius 2 is 1.97 bits per heavy atom. The Morgan fingerprint density at radius 3 is 2.65 bits per heavy atom. The predicted octanol–water partition coefficient (Wildman–Crippen LogP) is 5.35. The summed E-state index contributed by atoms with van der Waals surface area (Å²) in [6.45, 7) is 2.11. The lowest BCUT2D eigenvalue weighted by atomic mass is 10.2. The molecule has 34 heavy (non-hydrogen) atoms. The third-order valence-electron chi connectivity index (χ3n) is 4.55. The fourth-order valence-electron chi connectivity index (χ4n) is 2.94. The highest BCUT2D eigenvalue weighted by Gasteiger charge is 2.36. The molecule has 0 radical (unpaired) electrons. The number of carbonyl (C=O) groups is 4. The maximum atomic E-state index is 12.7. The van der Waals surface area contributed by atoms with Crippen LogP contribution < -0.4 is 10.1 Å². The van der Waals surface area contributed by atoms with Crippen molar-refractivity contribution in [3.05, 3.63) is 61.9 Å². The number of benzene rings is 2. The van der Waals surface area contributed by atoms with Gasteiger partial charge in [-0.25, -0.2) is 4.79 Å². The monoisotopic (exact) mass is 566 g/mol.